The van der Waals surface area contributed by atoms with Crippen LogP contribution >= 0.6 is 11.3 Å². The number of fused-ring (bicyclic) bond motifs is 8. The Morgan fingerprint density at radius 1 is 0.758 bits per heavy atom. The summed E-state index contributed by atoms with van der Waals surface area (Å²) in [5, 5.41) is 10.0. The fraction of sp³-hybridized carbons (Fsp3) is 0.0690. The van der Waals surface area contributed by atoms with Crippen LogP contribution < -0.4 is 5.32 Å². The van der Waals surface area contributed by atoms with Gasteiger partial charge in [0.2, 0.25) is 0 Å². The number of benzene rings is 7. The van der Waals surface area contributed by atoms with Crippen LogP contribution in [-0.2, 0) is 6.42 Å². The highest BCUT2D eigenvalue weighted by Gasteiger charge is 2.21. The predicted octanol–water partition coefficient (Wildman–Crippen LogP) is 16.5. The van der Waals surface area contributed by atoms with Crippen molar-refractivity contribution in [2.75, 3.05) is 5.32 Å². The number of aromatic nitrogens is 1. The quantitative estimate of drug-likeness (QED) is 0.110. The molecule has 3 heterocycles. The molecule has 10 aromatic rings. The normalized spacial score (nSPS) is 12.0. The van der Waals surface area contributed by atoms with Crippen LogP contribution in [0.1, 0.15) is 43.2 Å². The minimum absolute atomic E-state index is 0.785. The monoisotopic (exact) mass is 818 g/mol. The van der Waals surface area contributed by atoms with E-state index in [0.29, 0.717) is 0 Å². The van der Waals surface area contributed by atoms with Gasteiger partial charge in [-0.2, -0.15) is 0 Å². The van der Waals surface area contributed by atoms with Gasteiger partial charge < -0.3 is 14.3 Å². The lowest BCUT2D eigenvalue weighted by atomic mass is 9.99. The van der Waals surface area contributed by atoms with Crippen molar-refractivity contribution in [1.82, 2.24) is 4.57 Å². The molecule has 7 aromatic carbocycles. The van der Waals surface area contributed by atoms with Crippen LogP contribution in [0.25, 0.3) is 87.5 Å². The van der Waals surface area contributed by atoms with Crippen LogP contribution in [0, 0.1) is 12.3 Å². The zero-order valence-corrected chi connectivity index (χ0v) is 36.0. The van der Waals surface area contributed by atoms with Crippen molar-refractivity contribution in [3.05, 3.63) is 211 Å². The van der Waals surface area contributed by atoms with E-state index in [1.165, 1.54) is 58.7 Å². The van der Waals surface area contributed by atoms with Crippen molar-refractivity contribution in [2.24, 2.45) is 0 Å². The fourth-order valence-corrected chi connectivity index (χ4v) is 9.96. The molecule has 0 bridgehead atoms. The summed E-state index contributed by atoms with van der Waals surface area (Å²) in [7, 11) is 0. The summed E-state index contributed by atoms with van der Waals surface area (Å²) < 4.78 is 11.1. The Morgan fingerprint density at radius 2 is 1.45 bits per heavy atom. The van der Waals surface area contributed by atoms with E-state index in [9.17, 15) is 0 Å². The van der Waals surface area contributed by atoms with Crippen LogP contribution in [0.2, 0.25) is 0 Å². The number of nitrogens with zero attached hydrogens (tertiary/aromatic N) is 1. The second kappa shape index (κ2) is 17.6. The maximum absolute atomic E-state index is 6.14. The van der Waals surface area contributed by atoms with Gasteiger partial charge >= 0.3 is 0 Å². The lowest BCUT2D eigenvalue weighted by Crippen LogP contribution is -2.00. The number of allylic oxidation sites excluding steroid dienone is 4. The summed E-state index contributed by atoms with van der Waals surface area (Å²) in [4.78, 5) is 0. The lowest BCUT2D eigenvalue weighted by molar-refractivity contribution is 0.603. The van der Waals surface area contributed by atoms with E-state index < -0.39 is 0 Å². The maximum Gasteiger partial charge on any atom is 0.135 e. The first kappa shape index (κ1) is 39.9. The van der Waals surface area contributed by atoms with Crippen LogP contribution in [0.4, 0.5) is 5.69 Å². The van der Waals surface area contributed by atoms with Gasteiger partial charge in [-0.1, -0.05) is 140 Å². The minimum Gasteiger partial charge on any atom is -0.456 e. The van der Waals surface area contributed by atoms with Gasteiger partial charge in [-0.25, -0.2) is 0 Å². The van der Waals surface area contributed by atoms with Crippen molar-refractivity contribution in [3.8, 4) is 29.2 Å². The fourth-order valence-electron chi connectivity index (χ4n) is 8.54. The predicted molar refractivity (Wildman–Crippen MR) is 270 cm³/mol. The van der Waals surface area contributed by atoms with Crippen LogP contribution in [0.15, 0.2) is 193 Å². The highest BCUT2D eigenvalue weighted by Crippen LogP contribution is 2.48. The smallest absolute Gasteiger partial charge is 0.135 e. The molecule has 0 radical (unpaired) electrons. The molecule has 0 aliphatic carbocycles. The standard InChI is InChI=1S/C55H42N2OS.C3H4/c1-4-17-40(29-28-37-18-8-6-9-19-37)56-47-32-30-43-44-31-33-49-53(55(44)59-54(43)52(47)38-20-10-7-11-21-38)45-25-12-14-26-48(45)57(49)41-23-16-22-39(35-41)36(3)34-46-42-24-13-15-27-51(42)58-50(46)5-2;1-3-2/h4-27,29-35,56H,2,28H2,1,3H3;1H,2H3/b17-4-,36-34+,40-29+;. The Hall–Kier alpha value is -7.58. The average molecular weight is 819 g/mol. The molecule has 3 aromatic heterocycles. The first-order valence-corrected chi connectivity index (χ1v) is 21.7. The molecule has 0 aliphatic rings. The topological polar surface area (TPSA) is 30.1 Å². The zero-order valence-electron chi connectivity index (χ0n) is 35.2. The van der Waals surface area contributed by atoms with Crippen molar-refractivity contribution in [1.29, 1.82) is 0 Å². The Kier molecular flexibility index (Phi) is 11.3. The van der Waals surface area contributed by atoms with Gasteiger partial charge in [-0.3, -0.25) is 0 Å². The van der Waals surface area contributed by atoms with Crippen molar-refractivity contribution in [3.63, 3.8) is 0 Å². The number of thiophene rings is 1. The third-order valence-electron chi connectivity index (χ3n) is 11.3. The van der Waals surface area contributed by atoms with Crippen LogP contribution in [-0.4, -0.2) is 4.57 Å². The van der Waals surface area contributed by atoms with E-state index >= 15 is 0 Å². The molecule has 10 rings (SSSR count). The SMILES string of the molecule is C#CC.C=Cc1oc2ccccc2c1/C=C(\C)c1cccc(-n2c3ccccc3c3c4sc5c(-c6ccccc6)c(NC(/C=C\C)=C/Cc6ccccc6)ccc5c4ccc32)c1. The second-order valence-electron chi connectivity index (χ2n) is 15.2. The molecule has 0 saturated carbocycles. The summed E-state index contributed by atoms with van der Waals surface area (Å²) >= 11 is 1.90. The van der Waals surface area contributed by atoms with Gasteiger partial charge in [0.1, 0.15) is 11.3 Å². The molecule has 3 nitrogen and oxygen atoms in total. The summed E-state index contributed by atoms with van der Waals surface area (Å²) in [5.41, 5.74) is 13.6. The number of rotatable bonds is 10. The molecule has 0 amide bonds. The summed E-state index contributed by atoms with van der Waals surface area (Å²) in [6.07, 6.45) is 16.0. The second-order valence-corrected chi connectivity index (χ2v) is 16.3. The van der Waals surface area contributed by atoms with E-state index in [1.54, 1.807) is 13.0 Å². The summed E-state index contributed by atoms with van der Waals surface area (Å²) in [6.45, 7) is 9.93. The van der Waals surface area contributed by atoms with Crippen LogP contribution in [0.5, 0.6) is 0 Å². The average Bonchev–Trinajstić information content (AvgIpc) is 3.98. The van der Waals surface area contributed by atoms with E-state index in [1.807, 2.05) is 23.5 Å². The van der Waals surface area contributed by atoms with Gasteiger partial charge in [0, 0.05) is 64.5 Å². The molecule has 300 valence electrons. The molecule has 62 heavy (non-hydrogen) atoms. The van der Waals surface area contributed by atoms with E-state index in [-0.39, 0.29) is 0 Å². The van der Waals surface area contributed by atoms with E-state index in [4.69, 9.17) is 4.42 Å². The van der Waals surface area contributed by atoms with Crippen molar-refractivity contribution < 1.29 is 4.42 Å². The van der Waals surface area contributed by atoms with Crippen LogP contribution in [0.3, 0.4) is 0 Å². The molecule has 0 fully saturated rings. The molecule has 0 unspecified atom stereocenters. The zero-order chi connectivity index (χ0) is 42.6. The largest absolute Gasteiger partial charge is 0.456 e. The van der Waals surface area contributed by atoms with Gasteiger partial charge in [0.25, 0.3) is 0 Å². The van der Waals surface area contributed by atoms with Gasteiger partial charge in [-0.05, 0) is 104 Å². The first-order valence-electron chi connectivity index (χ1n) is 20.9. The Balaban J connectivity index is 0.00000159. The Bertz CT molecular complexity index is 3400. The highest BCUT2D eigenvalue weighted by molar-refractivity contribution is 7.27. The molecule has 0 spiro atoms. The third-order valence-corrected chi connectivity index (χ3v) is 12.6. The molecular formula is C58H46N2OS. The number of nitrogens with one attached hydrogen (secondary N) is 1. The molecule has 0 atom stereocenters. The molecule has 0 saturated heterocycles. The molecule has 1 N–H and O–H groups in total. The molecular weight excluding hydrogens is 773 g/mol. The van der Waals surface area contributed by atoms with E-state index in [2.05, 4.69) is 213 Å². The highest BCUT2D eigenvalue weighted by atomic mass is 32.1. The van der Waals surface area contributed by atoms with Gasteiger partial charge in [0.15, 0.2) is 0 Å². The number of furan rings is 1. The number of anilines is 1. The summed E-state index contributed by atoms with van der Waals surface area (Å²) in [6, 6.07) is 56.6. The van der Waals surface area contributed by atoms with Crippen molar-refractivity contribution in [2.45, 2.75) is 27.2 Å². The number of hydrogen-bond acceptors (Lipinski definition) is 3. The number of hydrogen-bond donors (Lipinski definition) is 1. The number of para-hydroxylation sites is 2. The van der Waals surface area contributed by atoms with E-state index in [0.717, 1.165) is 56.9 Å². The van der Waals surface area contributed by atoms with Gasteiger partial charge in [-0.15, -0.1) is 23.7 Å². The summed E-state index contributed by atoms with van der Waals surface area (Å²) in [5.74, 6) is 3.03. The van der Waals surface area contributed by atoms with Crippen molar-refractivity contribution >= 4 is 87.7 Å². The Morgan fingerprint density at radius 3 is 2.23 bits per heavy atom. The number of terminal acetylenes is 1. The third kappa shape index (κ3) is 7.45. The van der Waals surface area contributed by atoms with Gasteiger partial charge in [0.05, 0.1) is 11.0 Å². The minimum atomic E-state index is 0.785. The molecule has 4 heteroatoms. The first-order chi connectivity index (χ1) is 30.5. The Labute approximate surface area is 367 Å². The molecule has 0 aliphatic heterocycles. The maximum atomic E-state index is 6.14. The lowest BCUT2D eigenvalue weighted by Gasteiger charge is -2.15.